The van der Waals surface area contributed by atoms with E-state index >= 15 is 0 Å². The molecule has 0 bridgehead atoms. The number of thiophene rings is 1. The smallest absolute Gasteiger partial charge is 0.338 e. The van der Waals surface area contributed by atoms with E-state index in [1.54, 1.807) is 23.5 Å². The third-order valence-electron chi connectivity index (χ3n) is 3.49. The topological polar surface area (TPSA) is 55.4 Å². The van der Waals surface area contributed by atoms with E-state index in [4.69, 9.17) is 4.74 Å². The molecule has 2 aromatic rings. The molecule has 0 saturated carbocycles. The standard InChI is InChI=1S/C18H21NO3S/c1-12(2)14-6-8-15(9-7-14)18(21)22-11-17(20)19-13(3)16-5-4-10-23-16/h4-10,12-13H,11H2,1-3H3,(H,19,20)/t13-/m0/s1. The quantitative estimate of drug-likeness (QED) is 0.817. The molecule has 1 heterocycles. The zero-order chi connectivity index (χ0) is 16.8. The van der Waals surface area contributed by atoms with Crippen LogP contribution in [0, 0.1) is 0 Å². The van der Waals surface area contributed by atoms with Gasteiger partial charge in [-0.25, -0.2) is 4.79 Å². The number of carbonyl (C=O) groups is 2. The van der Waals surface area contributed by atoms with Crippen molar-refractivity contribution in [3.05, 3.63) is 57.8 Å². The van der Waals surface area contributed by atoms with Gasteiger partial charge in [0.05, 0.1) is 11.6 Å². The number of hydrogen-bond donors (Lipinski definition) is 1. The summed E-state index contributed by atoms with van der Waals surface area (Å²) in [5, 5.41) is 4.76. The minimum absolute atomic E-state index is 0.0912. The first kappa shape index (κ1) is 17.2. The van der Waals surface area contributed by atoms with Crippen LogP contribution in [-0.2, 0) is 9.53 Å². The van der Waals surface area contributed by atoms with E-state index in [0.717, 1.165) is 10.4 Å². The Bertz CT molecular complexity index is 647. The highest BCUT2D eigenvalue weighted by atomic mass is 32.1. The van der Waals surface area contributed by atoms with Crippen molar-refractivity contribution in [3.8, 4) is 0 Å². The van der Waals surface area contributed by atoms with Gasteiger partial charge in [0.15, 0.2) is 6.61 Å². The van der Waals surface area contributed by atoms with Gasteiger partial charge in [0.25, 0.3) is 5.91 Å². The average molecular weight is 331 g/mol. The van der Waals surface area contributed by atoms with Crippen LogP contribution in [0.5, 0.6) is 0 Å². The van der Waals surface area contributed by atoms with Gasteiger partial charge in [-0.05, 0) is 42.0 Å². The lowest BCUT2D eigenvalue weighted by Crippen LogP contribution is -2.30. The van der Waals surface area contributed by atoms with Crippen LogP contribution in [0.3, 0.4) is 0 Å². The fraction of sp³-hybridized carbons (Fsp3) is 0.333. The van der Waals surface area contributed by atoms with E-state index in [1.165, 1.54) is 0 Å². The molecule has 0 unspecified atom stereocenters. The molecule has 1 aromatic heterocycles. The van der Waals surface area contributed by atoms with E-state index in [1.807, 2.05) is 36.6 Å². The summed E-state index contributed by atoms with van der Waals surface area (Å²) in [4.78, 5) is 24.9. The van der Waals surface area contributed by atoms with Crippen LogP contribution in [-0.4, -0.2) is 18.5 Å². The number of rotatable bonds is 6. The fourth-order valence-electron chi connectivity index (χ4n) is 2.11. The Morgan fingerprint density at radius 1 is 1.13 bits per heavy atom. The summed E-state index contributed by atoms with van der Waals surface area (Å²) in [6.45, 7) is 5.80. The molecule has 4 nitrogen and oxygen atoms in total. The highest BCUT2D eigenvalue weighted by Gasteiger charge is 2.13. The molecule has 0 aliphatic heterocycles. The zero-order valence-electron chi connectivity index (χ0n) is 13.5. The summed E-state index contributed by atoms with van der Waals surface area (Å²) in [5.41, 5.74) is 1.61. The Labute approximate surface area is 140 Å². The summed E-state index contributed by atoms with van der Waals surface area (Å²) in [5.74, 6) is -0.387. The predicted octanol–water partition coefficient (Wildman–Crippen LogP) is 3.91. The Morgan fingerprint density at radius 2 is 1.83 bits per heavy atom. The van der Waals surface area contributed by atoms with Gasteiger partial charge in [-0.3, -0.25) is 4.79 Å². The lowest BCUT2D eigenvalue weighted by Gasteiger charge is -2.12. The molecule has 0 spiro atoms. The molecule has 0 aliphatic rings. The van der Waals surface area contributed by atoms with Crippen LogP contribution < -0.4 is 5.32 Å². The molecular formula is C18H21NO3S. The van der Waals surface area contributed by atoms with Gasteiger partial charge in [-0.2, -0.15) is 0 Å². The van der Waals surface area contributed by atoms with Crippen molar-refractivity contribution in [2.24, 2.45) is 0 Å². The van der Waals surface area contributed by atoms with Crippen molar-refractivity contribution in [3.63, 3.8) is 0 Å². The Kier molecular flexibility index (Phi) is 5.93. The van der Waals surface area contributed by atoms with Crippen LogP contribution in [0.15, 0.2) is 41.8 Å². The second-order valence-corrected chi connectivity index (χ2v) is 6.64. The molecule has 0 fully saturated rings. The molecule has 0 aliphatic carbocycles. The second-order valence-electron chi connectivity index (χ2n) is 5.66. The zero-order valence-corrected chi connectivity index (χ0v) is 14.4. The molecule has 5 heteroatoms. The third kappa shape index (κ3) is 4.93. The molecular weight excluding hydrogens is 310 g/mol. The molecule has 1 amide bonds. The number of hydrogen-bond acceptors (Lipinski definition) is 4. The molecule has 1 N–H and O–H groups in total. The molecule has 122 valence electrons. The van der Waals surface area contributed by atoms with Crippen molar-refractivity contribution < 1.29 is 14.3 Å². The molecule has 1 aromatic carbocycles. The lowest BCUT2D eigenvalue weighted by molar-refractivity contribution is -0.124. The van der Waals surface area contributed by atoms with E-state index in [0.29, 0.717) is 11.5 Å². The SMILES string of the molecule is CC(C)c1ccc(C(=O)OCC(=O)N[C@@H](C)c2cccs2)cc1. The summed E-state index contributed by atoms with van der Waals surface area (Å²) < 4.78 is 5.06. The van der Waals surface area contributed by atoms with E-state index in [9.17, 15) is 9.59 Å². The van der Waals surface area contributed by atoms with Gasteiger partial charge in [0.2, 0.25) is 0 Å². The van der Waals surface area contributed by atoms with Gasteiger partial charge in [-0.15, -0.1) is 11.3 Å². The normalized spacial score (nSPS) is 12.0. The van der Waals surface area contributed by atoms with E-state index < -0.39 is 5.97 Å². The fourth-order valence-corrected chi connectivity index (χ4v) is 2.84. The summed E-state index contributed by atoms with van der Waals surface area (Å²) in [7, 11) is 0. The first-order valence-corrected chi connectivity index (χ1v) is 8.45. The number of esters is 1. The lowest BCUT2D eigenvalue weighted by atomic mass is 10.0. The van der Waals surface area contributed by atoms with Crippen LogP contribution in [0.2, 0.25) is 0 Å². The molecule has 2 rings (SSSR count). The second kappa shape index (κ2) is 7.92. The van der Waals surface area contributed by atoms with Gasteiger partial charge in [-0.1, -0.05) is 32.0 Å². The van der Waals surface area contributed by atoms with Crippen molar-refractivity contribution >= 4 is 23.2 Å². The highest BCUT2D eigenvalue weighted by Crippen LogP contribution is 2.18. The van der Waals surface area contributed by atoms with Crippen LogP contribution in [0.1, 0.15) is 53.5 Å². The van der Waals surface area contributed by atoms with Crippen molar-refractivity contribution in [2.45, 2.75) is 32.7 Å². The summed E-state index contributed by atoms with van der Waals surface area (Å²) in [6, 6.07) is 11.1. The first-order valence-electron chi connectivity index (χ1n) is 7.57. The van der Waals surface area contributed by atoms with Gasteiger partial charge in [0.1, 0.15) is 0 Å². The highest BCUT2D eigenvalue weighted by molar-refractivity contribution is 7.10. The molecule has 23 heavy (non-hydrogen) atoms. The molecule has 1 atom stereocenters. The van der Waals surface area contributed by atoms with Crippen LogP contribution >= 0.6 is 11.3 Å². The summed E-state index contributed by atoms with van der Waals surface area (Å²) in [6.07, 6.45) is 0. The van der Waals surface area contributed by atoms with E-state index in [-0.39, 0.29) is 18.6 Å². The number of carbonyl (C=O) groups excluding carboxylic acids is 2. The van der Waals surface area contributed by atoms with Crippen molar-refractivity contribution in [2.75, 3.05) is 6.61 Å². The maximum Gasteiger partial charge on any atom is 0.338 e. The number of ether oxygens (including phenoxy) is 1. The molecule has 0 saturated heterocycles. The third-order valence-corrected chi connectivity index (χ3v) is 4.55. The van der Waals surface area contributed by atoms with Gasteiger partial charge >= 0.3 is 5.97 Å². The maximum atomic E-state index is 11.9. The Morgan fingerprint density at radius 3 is 2.39 bits per heavy atom. The van der Waals surface area contributed by atoms with Gasteiger partial charge in [0, 0.05) is 4.88 Å². The van der Waals surface area contributed by atoms with Crippen molar-refractivity contribution in [1.29, 1.82) is 0 Å². The number of nitrogens with one attached hydrogen (secondary N) is 1. The van der Waals surface area contributed by atoms with Crippen LogP contribution in [0.25, 0.3) is 0 Å². The Balaban J connectivity index is 1.82. The van der Waals surface area contributed by atoms with Crippen LogP contribution in [0.4, 0.5) is 0 Å². The van der Waals surface area contributed by atoms with Crippen molar-refractivity contribution in [1.82, 2.24) is 5.32 Å². The van der Waals surface area contributed by atoms with Gasteiger partial charge < -0.3 is 10.1 Å². The summed E-state index contributed by atoms with van der Waals surface area (Å²) >= 11 is 1.58. The monoisotopic (exact) mass is 331 g/mol. The minimum Gasteiger partial charge on any atom is -0.452 e. The predicted molar refractivity (Wildman–Crippen MR) is 91.7 cm³/mol. The Hall–Kier alpha value is -2.14. The number of benzene rings is 1. The average Bonchev–Trinajstić information content (AvgIpc) is 3.07. The number of amides is 1. The maximum absolute atomic E-state index is 11.9. The first-order chi connectivity index (χ1) is 11.0. The largest absolute Gasteiger partial charge is 0.452 e. The minimum atomic E-state index is -0.487. The molecule has 0 radical (unpaired) electrons. The van der Waals surface area contributed by atoms with E-state index in [2.05, 4.69) is 19.2 Å².